The highest BCUT2D eigenvalue weighted by Crippen LogP contribution is 2.30. The van der Waals surface area contributed by atoms with Crippen LogP contribution in [0, 0.1) is 0 Å². The number of aromatic nitrogens is 1. The summed E-state index contributed by atoms with van der Waals surface area (Å²) < 4.78 is 0. The van der Waals surface area contributed by atoms with Gasteiger partial charge in [0.1, 0.15) is 5.78 Å². The number of Topliss-reactive ketones (excluding diaryl/α,β-unsaturated/α-hetero) is 1. The Labute approximate surface area is 82.8 Å². The Morgan fingerprint density at radius 2 is 2.36 bits per heavy atom. The first-order valence-corrected chi connectivity index (χ1v) is 4.87. The van der Waals surface area contributed by atoms with Crippen molar-refractivity contribution in [3.8, 4) is 0 Å². The molecule has 0 spiro atoms. The van der Waals surface area contributed by atoms with E-state index in [0.29, 0.717) is 24.5 Å². The van der Waals surface area contributed by atoms with Crippen molar-refractivity contribution in [1.29, 1.82) is 0 Å². The molecule has 1 aliphatic rings. The number of aliphatic hydroxyl groups excluding tert-OH is 1. The second kappa shape index (κ2) is 3.88. The summed E-state index contributed by atoms with van der Waals surface area (Å²) in [7, 11) is 0. The van der Waals surface area contributed by atoms with Gasteiger partial charge in [0.05, 0.1) is 6.61 Å². The third-order valence-corrected chi connectivity index (χ3v) is 2.69. The van der Waals surface area contributed by atoms with Crippen molar-refractivity contribution in [3.05, 3.63) is 29.6 Å². The number of carbonyl (C=O) groups excluding carboxylic acids is 1. The molecule has 1 aromatic rings. The lowest BCUT2D eigenvalue weighted by Crippen LogP contribution is -1.98. The third-order valence-electron chi connectivity index (χ3n) is 2.69. The van der Waals surface area contributed by atoms with Crippen LogP contribution in [0.25, 0.3) is 0 Å². The van der Waals surface area contributed by atoms with Gasteiger partial charge in [0.15, 0.2) is 0 Å². The molecule has 14 heavy (non-hydrogen) atoms. The molecule has 3 heteroatoms. The van der Waals surface area contributed by atoms with Gasteiger partial charge in [-0.1, -0.05) is 6.07 Å². The van der Waals surface area contributed by atoms with Crippen molar-refractivity contribution in [2.45, 2.75) is 31.8 Å². The van der Waals surface area contributed by atoms with Crippen LogP contribution in [-0.4, -0.2) is 15.9 Å². The zero-order valence-corrected chi connectivity index (χ0v) is 7.94. The van der Waals surface area contributed by atoms with Gasteiger partial charge in [-0.25, -0.2) is 0 Å². The summed E-state index contributed by atoms with van der Waals surface area (Å²) >= 11 is 0. The standard InChI is InChI=1S/C11H13NO2/c13-7-8-1-4-11(12-6-8)9-2-3-10(14)5-9/h1,4,6,9,13H,2-3,5,7H2. The zero-order valence-electron chi connectivity index (χ0n) is 7.94. The summed E-state index contributed by atoms with van der Waals surface area (Å²) in [6, 6.07) is 3.78. The molecule has 1 N–H and O–H groups in total. The molecule has 1 atom stereocenters. The first kappa shape index (κ1) is 9.34. The van der Waals surface area contributed by atoms with E-state index in [0.717, 1.165) is 17.7 Å². The van der Waals surface area contributed by atoms with E-state index in [1.54, 1.807) is 6.20 Å². The quantitative estimate of drug-likeness (QED) is 0.769. The Hall–Kier alpha value is -1.22. The van der Waals surface area contributed by atoms with Crippen molar-refractivity contribution >= 4 is 5.78 Å². The number of aliphatic hydroxyl groups is 1. The SMILES string of the molecule is O=C1CCC(c2ccc(CO)cn2)C1. The number of carbonyl (C=O) groups is 1. The predicted molar refractivity (Wildman–Crippen MR) is 51.8 cm³/mol. The van der Waals surface area contributed by atoms with Crippen LogP contribution < -0.4 is 0 Å². The number of nitrogens with zero attached hydrogens (tertiary/aromatic N) is 1. The first-order chi connectivity index (χ1) is 6.79. The molecule has 1 unspecified atom stereocenters. The van der Waals surface area contributed by atoms with Gasteiger partial charge >= 0.3 is 0 Å². The van der Waals surface area contributed by atoms with E-state index >= 15 is 0 Å². The molecule has 1 heterocycles. The summed E-state index contributed by atoms with van der Waals surface area (Å²) in [6.45, 7) is 0.0247. The Bertz CT molecular complexity index is 332. The lowest BCUT2D eigenvalue weighted by atomic mass is 10.0. The van der Waals surface area contributed by atoms with Crippen molar-refractivity contribution in [3.63, 3.8) is 0 Å². The highest BCUT2D eigenvalue weighted by Gasteiger charge is 2.24. The molecular formula is C11H13NO2. The Balaban J connectivity index is 2.13. The Morgan fingerprint density at radius 1 is 1.50 bits per heavy atom. The molecule has 0 amide bonds. The van der Waals surface area contributed by atoms with Gasteiger partial charge in [-0.2, -0.15) is 0 Å². The monoisotopic (exact) mass is 191 g/mol. The van der Waals surface area contributed by atoms with Crippen LogP contribution in [0.5, 0.6) is 0 Å². The van der Waals surface area contributed by atoms with E-state index in [2.05, 4.69) is 4.98 Å². The second-order valence-electron chi connectivity index (χ2n) is 3.73. The minimum atomic E-state index is 0.0247. The van der Waals surface area contributed by atoms with Crippen LogP contribution in [0.1, 0.15) is 36.4 Å². The molecular weight excluding hydrogens is 178 g/mol. The molecule has 1 aromatic heterocycles. The third kappa shape index (κ3) is 1.82. The summed E-state index contributed by atoms with van der Waals surface area (Å²) in [5.41, 5.74) is 1.80. The van der Waals surface area contributed by atoms with Crippen LogP contribution in [0.3, 0.4) is 0 Å². The van der Waals surface area contributed by atoms with Gasteiger partial charge in [0.2, 0.25) is 0 Å². The number of ketones is 1. The minimum Gasteiger partial charge on any atom is -0.392 e. The maximum Gasteiger partial charge on any atom is 0.133 e. The first-order valence-electron chi connectivity index (χ1n) is 4.87. The number of hydrogen-bond acceptors (Lipinski definition) is 3. The van der Waals surface area contributed by atoms with E-state index in [1.807, 2.05) is 12.1 Å². The average molecular weight is 191 g/mol. The van der Waals surface area contributed by atoms with Gasteiger partial charge in [-0.15, -0.1) is 0 Å². The highest BCUT2D eigenvalue weighted by atomic mass is 16.3. The summed E-state index contributed by atoms with van der Waals surface area (Å²) in [5, 5.41) is 8.84. The maximum atomic E-state index is 11.1. The van der Waals surface area contributed by atoms with Gasteiger partial charge in [-0.3, -0.25) is 9.78 Å². The lowest BCUT2D eigenvalue weighted by molar-refractivity contribution is -0.117. The topological polar surface area (TPSA) is 50.2 Å². The molecule has 3 nitrogen and oxygen atoms in total. The van der Waals surface area contributed by atoms with Crippen molar-refractivity contribution in [2.75, 3.05) is 0 Å². The van der Waals surface area contributed by atoms with E-state index in [9.17, 15) is 4.79 Å². The lowest BCUT2D eigenvalue weighted by Gasteiger charge is -2.07. The van der Waals surface area contributed by atoms with Crippen LogP contribution in [0.2, 0.25) is 0 Å². The molecule has 0 aromatic carbocycles. The molecule has 0 bridgehead atoms. The van der Waals surface area contributed by atoms with Crippen LogP contribution in [-0.2, 0) is 11.4 Å². The number of rotatable bonds is 2. The van der Waals surface area contributed by atoms with Crippen molar-refractivity contribution < 1.29 is 9.90 Å². The van der Waals surface area contributed by atoms with Crippen molar-refractivity contribution in [1.82, 2.24) is 4.98 Å². The molecule has 1 aliphatic carbocycles. The Kier molecular flexibility index (Phi) is 2.59. The second-order valence-corrected chi connectivity index (χ2v) is 3.73. The molecule has 1 saturated carbocycles. The number of hydrogen-bond donors (Lipinski definition) is 1. The summed E-state index contributed by atoms with van der Waals surface area (Å²) in [6.07, 6.45) is 3.92. The van der Waals surface area contributed by atoms with Crippen LogP contribution >= 0.6 is 0 Å². The van der Waals surface area contributed by atoms with E-state index in [-0.39, 0.29) is 6.61 Å². The Morgan fingerprint density at radius 3 is 2.86 bits per heavy atom. The van der Waals surface area contributed by atoms with Gasteiger partial charge in [0.25, 0.3) is 0 Å². The summed E-state index contributed by atoms with van der Waals surface area (Å²) in [5.74, 6) is 0.637. The molecule has 0 saturated heterocycles. The van der Waals surface area contributed by atoms with E-state index in [4.69, 9.17) is 5.11 Å². The van der Waals surface area contributed by atoms with E-state index in [1.165, 1.54) is 0 Å². The molecule has 0 aliphatic heterocycles. The van der Waals surface area contributed by atoms with Gasteiger partial charge < -0.3 is 5.11 Å². The molecule has 0 radical (unpaired) electrons. The maximum absolute atomic E-state index is 11.1. The minimum absolute atomic E-state index is 0.0247. The summed E-state index contributed by atoms with van der Waals surface area (Å²) in [4.78, 5) is 15.3. The van der Waals surface area contributed by atoms with Gasteiger partial charge in [-0.05, 0) is 18.1 Å². The fourth-order valence-corrected chi connectivity index (χ4v) is 1.84. The fourth-order valence-electron chi connectivity index (χ4n) is 1.84. The number of pyridine rings is 1. The fraction of sp³-hybridized carbons (Fsp3) is 0.455. The highest BCUT2D eigenvalue weighted by molar-refractivity contribution is 5.81. The van der Waals surface area contributed by atoms with Crippen LogP contribution in [0.15, 0.2) is 18.3 Å². The average Bonchev–Trinajstić information content (AvgIpc) is 2.65. The smallest absolute Gasteiger partial charge is 0.133 e. The normalized spacial score (nSPS) is 21.5. The largest absolute Gasteiger partial charge is 0.392 e. The van der Waals surface area contributed by atoms with Crippen molar-refractivity contribution in [2.24, 2.45) is 0 Å². The molecule has 2 rings (SSSR count). The molecule has 74 valence electrons. The predicted octanol–water partition coefficient (Wildman–Crippen LogP) is 1.41. The van der Waals surface area contributed by atoms with Gasteiger partial charge in [0, 0.05) is 30.7 Å². The van der Waals surface area contributed by atoms with Crippen LogP contribution in [0.4, 0.5) is 0 Å². The van der Waals surface area contributed by atoms with E-state index < -0.39 is 0 Å². The molecule has 1 fully saturated rings. The zero-order chi connectivity index (χ0) is 9.97.